The van der Waals surface area contributed by atoms with E-state index in [0.717, 1.165) is 49.5 Å². The number of fused-ring (bicyclic) bond motifs is 1. The first kappa shape index (κ1) is 16.7. The zero-order chi connectivity index (χ0) is 17.9. The lowest BCUT2D eigenvalue weighted by atomic mass is 10.2. The lowest BCUT2D eigenvalue weighted by molar-refractivity contribution is -0.134. The number of nitrogens with zero attached hydrogens (tertiary/aromatic N) is 6. The summed E-state index contributed by atoms with van der Waals surface area (Å²) in [6, 6.07) is 11.7. The highest BCUT2D eigenvalue weighted by atomic mass is 16.2. The first-order valence-corrected chi connectivity index (χ1v) is 8.89. The Morgan fingerprint density at radius 1 is 1.00 bits per heavy atom. The van der Waals surface area contributed by atoms with E-state index in [1.807, 2.05) is 41.4 Å². The van der Waals surface area contributed by atoms with Crippen LogP contribution in [0.5, 0.6) is 0 Å². The van der Waals surface area contributed by atoms with Crippen LogP contribution in [-0.2, 0) is 17.9 Å². The maximum Gasteiger partial charge on any atom is 0.246 e. The van der Waals surface area contributed by atoms with Gasteiger partial charge in [-0.1, -0.05) is 18.2 Å². The fourth-order valence-corrected chi connectivity index (χ4v) is 3.25. The largest absolute Gasteiger partial charge is 0.338 e. The highest BCUT2D eigenvalue weighted by Crippen LogP contribution is 2.11. The van der Waals surface area contributed by atoms with E-state index in [2.05, 4.69) is 33.1 Å². The van der Waals surface area contributed by atoms with E-state index < -0.39 is 0 Å². The number of aromatic nitrogens is 4. The fourth-order valence-electron chi connectivity index (χ4n) is 3.25. The summed E-state index contributed by atoms with van der Waals surface area (Å²) in [6.07, 6.45) is 1.84. The summed E-state index contributed by atoms with van der Waals surface area (Å²) in [4.78, 5) is 22.8. The predicted molar refractivity (Wildman–Crippen MR) is 98.4 cm³/mol. The number of amides is 1. The van der Waals surface area contributed by atoms with Crippen LogP contribution in [0.4, 0.5) is 0 Å². The minimum atomic E-state index is 0.0685. The predicted octanol–water partition coefficient (Wildman–Crippen LogP) is 1.48. The van der Waals surface area contributed by atoms with Gasteiger partial charge in [0.05, 0.1) is 5.69 Å². The van der Waals surface area contributed by atoms with E-state index in [9.17, 15) is 4.79 Å². The Bertz CT molecular complexity index is 880. The molecular weight excluding hydrogens is 328 g/mol. The molecule has 1 amide bonds. The number of piperazine rings is 1. The van der Waals surface area contributed by atoms with Gasteiger partial charge in [0.1, 0.15) is 17.6 Å². The van der Waals surface area contributed by atoms with E-state index in [4.69, 9.17) is 0 Å². The van der Waals surface area contributed by atoms with Crippen molar-refractivity contribution in [2.24, 2.45) is 0 Å². The number of hydrogen-bond donors (Lipinski definition) is 0. The Labute approximate surface area is 152 Å². The first-order chi connectivity index (χ1) is 12.7. The summed E-state index contributed by atoms with van der Waals surface area (Å²) in [7, 11) is 0. The topological polar surface area (TPSA) is 67.2 Å². The molecule has 0 aliphatic carbocycles. The Morgan fingerprint density at radius 3 is 2.35 bits per heavy atom. The van der Waals surface area contributed by atoms with Gasteiger partial charge in [-0.15, -0.1) is 0 Å². The Morgan fingerprint density at radius 2 is 1.69 bits per heavy atom. The van der Waals surface area contributed by atoms with Gasteiger partial charge in [0.2, 0.25) is 5.91 Å². The van der Waals surface area contributed by atoms with Crippen molar-refractivity contribution in [2.75, 3.05) is 26.2 Å². The second kappa shape index (κ2) is 7.21. The smallest absolute Gasteiger partial charge is 0.246 e. The quantitative estimate of drug-likeness (QED) is 0.713. The summed E-state index contributed by atoms with van der Waals surface area (Å²) in [5.41, 5.74) is 3.95. The van der Waals surface area contributed by atoms with Gasteiger partial charge in [0.15, 0.2) is 0 Å². The molecule has 1 aliphatic rings. The van der Waals surface area contributed by atoms with E-state index in [0.29, 0.717) is 0 Å². The van der Waals surface area contributed by atoms with Crippen molar-refractivity contribution < 1.29 is 4.79 Å². The van der Waals surface area contributed by atoms with Crippen molar-refractivity contribution in [2.45, 2.75) is 20.0 Å². The zero-order valence-corrected chi connectivity index (χ0v) is 14.9. The Hall–Kier alpha value is -2.80. The summed E-state index contributed by atoms with van der Waals surface area (Å²) in [6.45, 7) is 6.28. The number of aryl methyl sites for hydroxylation is 1. The minimum Gasteiger partial charge on any atom is -0.338 e. The van der Waals surface area contributed by atoms with Gasteiger partial charge >= 0.3 is 0 Å². The van der Waals surface area contributed by atoms with Crippen molar-refractivity contribution >= 4 is 16.9 Å². The molecule has 2 aromatic heterocycles. The van der Waals surface area contributed by atoms with Crippen LogP contribution < -0.4 is 0 Å². The van der Waals surface area contributed by atoms with E-state index >= 15 is 0 Å². The lowest BCUT2D eigenvalue weighted by Crippen LogP contribution is -2.49. The van der Waals surface area contributed by atoms with E-state index in [1.54, 1.807) is 0 Å². The molecule has 0 bridgehead atoms. The van der Waals surface area contributed by atoms with Gasteiger partial charge in [-0.25, -0.2) is 0 Å². The molecule has 3 aromatic rings. The third-order valence-electron chi connectivity index (χ3n) is 4.82. The molecule has 1 fully saturated rings. The average molecular weight is 350 g/mol. The molecule has 4 rings (SSSR count). The molecule has 7 heteroatoms. The number of rotatable bonds is 4. The molecule has 134 valence electrons. The van der Waals surface area contributed by atoms with Gasteiger partial charge in [0.25, 0.3) is 0 Å². The highest BCUT2D eigenvalue weighted by Gasteiger charge is 2.22. The number of hydrogen-bond acceptors (Lipinski definition) is 5. The molecule has 0 atom stereocenters. The molecule has 0 saturated carbocycles. The molecule has 0 N–H and O–H groups in total. The summed E-state index contributed by atoms with van der Waals surface area (Å²) >= 11 is 0. The second-order valence-electron chi connectivity index (χ2n) is 6.64. The van der Waals surface area contributed by atoms with Crippen molar-refractivity contribution in [1.29, 1.82) is 0 Å². The normalized spacial score (nSPS) is 15.5. The highest BCUT2D eigenvalue weighted by molar-refractivity contribution is 5.77. The molecular formula is C19H22N6O. The van der Waals surface area contributed by atoms with Crippen LogP contribution in [-0.4, -0.2) is 61.9 Å². The van der Waals surface area contributed by atoms with Crippen molar-refractivity contribution in [1.82, 2.24) is 29.8 Å². The summed E-state index contributed by atoms with van der Waals surface area (Å²) in [5, 5.41) is 8.73. The van der Waals surface area contributed by atoms with Crippen molar-refractivity contribution in [3.8, 4) is 0 Å². The Balaban J connectivity index is 1.32. The number of pyridine rings is 1. The van der Waals surface area contributed by atoms with Gasteiger partial charge in [-0.05, 0) is 30.7 Å². The third kappa shape index (κ3) is 3.57. The molecule has 3 heterocycles. The number of benzene rings is 1. The fraction of sp³-hybridized carbons (Fsp3) is 0.368. The van der Waals surface area contributed by atoms with Crippen LogP contribution in [0, 0.1) is 6.92 Å². The van der Waals surface area contributed by atoms with Crippen LogP contribution in [0.2, 0.25) is 0 Å². The van der Waals surface area contributed by atoms with Crippen LogP contribution in [0.25, 0.3) is 11.0 Å². The van der Waals surface area contributed by atoms with Crippen molar-refractivity contribution in [3.05, 3.63) is 53.9 Å². The van der Waals surface area contributed by atoms with Crippen LogP contribution in [0.15, 0.2) is 42.6 Å². The van der Waals surface area contributed by atoms with Gasteiger partial charge in [-0.2, -0.15) is 15.0 Å². The molecule has 1 saturated heterocycles. The second-order valence-corrected chi connectivity index (χ2v) is 6.64. The summed E-state index contributed by atoms with van der Waals surface area (Å²) < 4.78 is 0. The van der Waals surface area contributed by atoms with Gasteiger partial charge in [-0.3, -0.25) is 14.7 Å². The monoisotopic (exact) mass is 350 g/mol. The standard InChI is InChI=1S/C19H22N6O/c1-15-5-4-8-20-18(15)13-23-9-11-24(12-10-23)19(26)14-25-21-16-6-2-3-7-17(16)22-25/h2-8H,9-14H2,1H3. The molecule has 26 heavy (non-hydrogen) atoms. The van der Waals surface area contributed by atoms with Crippen molar-refractivity contribution in [3.63, 3.8) is 0 Å². The van der Waals surface area contributed by atoms with Gasteiger partial charge < -0.3 is 4.90 Å². The molecule has 1 aliphatic heterocycles. The maximum absolute atomic E-state index is 12.6. The molecule has 0 radical (unpaired) electrons. The number of carbonyl (C=O) groups excluding carboxylic acids is 1. The SMILES string of the molecule is Cc1cccnc1CN1CCN(C(=O)Cn2nc3ccccc3n2)CC1. The molecule has 1 aromatic carbocycles. The van der Waals surface area contributed by atoms with Crippen LogP contribution in [0.3, 0.4) is 0 Å². The first-order valence-electron chi connectivity index (χ1n) is 8.89. The number of carbonyl (C=O) groups is 1. The maximum atomic E-state index is 12.6. The average Bonchev–Trinajstić information content (AvgIpc) is 3.06. The summed E-state index contributed by atoms with van der Waals surface area (Å²) in [5.74, 6) is 0.0685. The third-order valence-corrected chi connectivity index (χ3v) is 4.82. The van der Waals surface area contributed by atoms with E-state index in [-0.39, 0.29) is 12.5 Å². The molecule has 7 nitrogen and oxygen atoms in total. The van der Waals surface area contributed by atoms with E-state index in [1.165, 1.54) is 10.4 Å². The van der Waals surface area contributed by atoms with Crippen LogP contribution in [0.1, 0.15) is 11.3 Å². The minimum absolute atomic E-state index is 0.0685. The molecule has 0 unspecified atom stereocenters. The Kier molecular flexibility index (Phi) is 4.62. The van der Waals surface area contributed by atoms with Crippen LogP contribution >= 0.6 is 0 Å². The lowest BCUT2D eigenvalue weighted by Gasteiger charge is -2.34. The van der Waals surface area contributed by atoms with Gasteiger partial charge in [0, 0.05) is 38.9 Å². The zero-order valence-electron chi connectivity index (χ0n) is 14.9. The molecule has 0 spiro atoms.